The van der Waals surface area contributed by atoms with Crippen molar-refractivity contribution < 1.29 is 13.2 Å². The molecule has 24 heavy (non-hydrogen) atoms. The Morgan fingerprint density at radius 2 is 1.88 bits per heavy atom. The first-order valence-electron chi connectivity index (χ1n) is 7.30. The summed E-state index contributed by atoms with van der Waals surface area (Å²) >= 11 is 1.24. The van der Waals surface area contributed by atoms with Crippen molar-refractivity contribution in [1.29, 1.82) is 0 Å². The van der Waals surface area contributed by atoms with Gasteiger partial charge in [0.05, 0.1) is 11.8 Å². The van der Waals surface area contributed by atoms with Crippen molar-refractivity contribution in [3.63, 3.8) is 0 Å². The molecule has 7 nitrogen and oxygen atoms in total. The summed E-state index contributed by atoms with van der Waals surface area (Å²) in [5, 5.41) is 11.6. The quantitative estimate of drug-likeness (QED) is 0.799. The fourth-order valence-electron chi connectivity index (χ4n) is 2.16. The minimum atomic E-state index is -3.15. The van der Waals surface area contributed by atoms with Gasteiger partial charge in [0, 0.05) is 11.8 Å². The third-order valence-corrected chi connectivity index (χ3v) is 5.13. The summed E-state index contributed by atoms with van der Waals surface area (Å²) in [6.07, 6.45) is 1.17. The predicted molar refractivity (Wildman–Crippen MR) is 95.8 cm³/mol. The van der Waals surface area contributed by atoms with Gasteiger partial charge in [0.15, 0.2) is 0 Å². The molecule has 1 aromatic carbocycles. The zero-order valence-electron chi connectivity index (χ0n) is 13.7. The average molecular weight is 368 g/mol. The smallest absolute Gasteiger partial charge is 0.243 e. The number of carbonyl (C=O) groups excluding carboxylic acids is 1. The number of nitrogens with one attached hydrogen (secondary N) is 1. The van der Waals surface area contributed by atoms with Gasteiger partial charge in [-0.3, -0.25) is 10.1 Å². The van der Waals surface area contributed by atoms with E-state index in [-0.39, 0.29) is 12.2 Å². The van der Waals surface area contributed by atoms with Gasteiger partial charge in [-0.2, -0.15) is 0 Å². The SMILES string of the molecule is Cc1cc(C)cc(-c2nnc(NC(=O)C(N)CCS(C)(=O)=O)s2)c1. The van der Waals surface area contributed by atoms with E-state index in [9.17, 15) is 13.2 Å². The van der Waals surface area contributed by atoms with Crippen LogP contribution in [0.1, 0.15) is 17.5 Å². The number of amides is 1. The minimum Gasteiger partial charge on any atom is -0.320 e. The second-order valence-corrected chi connectivity index (χ2v) is 9.04. The number of sulfone groups is 1. The van der Waals surface area contributed by atoms with Crippen LogP contribution in [-0.2, 0) is 14.6 Å². The summed E-state index contributed by atoms with van der Waals surface area (Å²) in [7, 11) is -3.15. The number of aromatic nitrogens is 2. The van der Waals surface area contributed by atoms with Gasteiger partial charge in [-0.15, -0.1) is 10.2 Å². The zero-order valence-corrected chi connectivity index (χ0v) is 15.4. The van der Waals surface area contributed by atoms with E-state index in [0.29, 0.717) is 10.1 Å². The molecule has 1 heterocycles. The lowest BCUT2D eigenvalue weighted by Crippen LogP contribution is -2.37. The van der Waals surface area contributed by atoms with Crippen LogP contribution in [0, 0.1) is 13.8 Å². The highest BCUT2D eigenvalue weighted by molar-refractivity contribution is 7.90. The number of aryl methyl sites for hydroxylation is 2. The molecule has 130 valence electrons. The van der Waals surface area contributed by atoms with Gasteiger partial charge in [-0.25, -0.2) is 8.42 Å². The summed E-state index contributed by atoms with van der Waals surface area (Å²) in [5.41, 5.74) is 8.88. The summed E-state index contributed by atoms with van der Waals surface area (Å²) in [6, 6.07) is 5.15. The number of nitrogens with two attached hydrogens (primary N) is 1. The van der Waals surface area contributed by atoms with Crippen LogP contribution in [0.3, 0.4) is 0 Å². The summed E-state index contributed by atoms with van der Waals surface area (Å²) in [4.78, 5) is 12.0. The molecule has 1 unspecified atom stereocenters. The maximum Gasteiger partial charge on any atom is 0.243 e. The number of benzene rings is 1. The fourth-order valence-corrected chi connectivity index (χ4v) is 3.57. The summed E-state index contributed by atoms with van der Waals surface area (Å²) < 4.78 is 22.2. The largest absolute Gasteiger partial charge is 0.320 e. The number of hydrogen-bond acceptors (Lipinski definition) is 7. The van der Waals surface area contributed by atoms with Gasteiger partial charge in [0.2, 0.25) is 11.0 Å². The zero-order chi connectivity index (χ0) is 17.9. The average Bonchev–Trinajstić information content (AvgIpc) is 2.91. The maximum atomic E-state index is 12.0. The first-order chi connectivity index (χ1) is 11.1. The van der Waals surface area contributed by atoms with E-state index in [4.69, 9.17) is 5.73 Å². The van der Waals surface area contributed by atoms with Crippen LogP contribution in [-0.4, -0.2) is 42.6 Å². The lowest BCUT2D eigenvalue weighted by molar-refractivity contribution is -0.117. The molecular weight excluding hydrogens is 348 g/mol. The van der Waals surface area contributed by atoms with Crippen LogP contribution < -0.4 is 11.1 Å². The van der Waals surface area contributed by atoms with Crippen LogP contribution in [0.15, 0.2) is 18.2 Å². The fraction of sp³-hybridized carbons (Fsp3) is 0.400. The van der Waals surface area contributed by atoms with Gasteiger partial charge >= 0.3 is 0 Å². The van der Waals surface area contributed by atoms with Gasteiger partial charge in [0.25, 0.3) is 0 Å². The molecule has 1 amide bonds. The Morgan fingerprint density at radius 1 is 1.25 bits per heavy atom. The third-order valence-electron chi connectivity index (χ3n) is 3.26. The highest BCUT2D eigenvalue weighted by Gasteiger charge is 2.18. The van der Waals surface area contributed by atoms with Crippen molar-refractivity contribution in [1.82, 2.24) is 10.2 Å². The molecule has 2 aromatic rings. The van der Waals surface area contributed by atoms with Crippen LogP contribution in [0.2, 0.25) is 0 Å². The molecule has 0 aliphatic carbocycles. The van der Waals surface area contributed by atoms with E-state index in [1.54, 1.807) is 0 Å². The third kappa shape index (κ3) is 5.36. The summed E-state index contributed by atoms with van der Waals surface area (Å²) in [6.45, 7) is 4.00. The highest BCUT2D eigenvalue weighted by atomic mass is 32.2. The van der Waals surface area contributed by atoms with Gasteiger partial charge in [-0.1, -0.05) is 28.5 Å². The van der Waals surface area contributed by atoms with Crippen molar-refractivity contribution in [3.8, 4) is 10.6 Å². The predicted octanol–water partition coefficient (Wildman–Crippen LogP) is 1.52. The lowest BCUT2D eigenvalue weighted by atomic mass is 10.1. The molecule has 0 saturated heterocycles. The first kappa shape index (κ1) is 18.5. The van der Waals surface area contributed by atoms with Crippen LogP contribution in [0.4, 0.5) is 5.13 Å². The van der Waals surface area contributed by atoms with Crippen LogP contribution >= 0.6 is 11.3 Å². The van der Waals surface area contributed by atoms with E-state index < -0.39 is 21.8 Å². The van der Waals surface area contributed by atoms with Crippen LogP contribution in [0.5, 0.6) is 0 Å². The van der Waals surface area contributed by atoms with E-state index >= 15 is 0 Å². The molecule has 0 fully saturated rings. The lowest BCUT2D eigenvalue weighted by Gasteiger charge is -2.09. The molecule has 0 bridgehead atoms. The van der Waals surface area contributed by atoms with Crippen molar-refractivity contribution >= 4 is 32.2 Å². The molecule has 0 aliphatic rings. The molecule has 0 saturated carbocycles. The molecule has 3 N–H and O–H groups in total. The monoisotopic (exact) mass is 368 g/mol. The minimum absolute atomic E-state index is 0.0629. The Hall–Kier alpha value is -1.84. The molecule has 0 aliphatic heterocycles. The van der Waals surface area contributed by atoms with E-state index in [1.165, 1.54) is 11.3 Å². The second-order valence-electron chi connectivity index (χ2n) is 5.80. The Balaban J connectivity index is 2.04. The van der Waals surface area contributed by atoms with Crippen molar-refractivity contribution in [2.45, 2.75) is 26.3 Å². The molecule has 0 spiro atoms. The van der Waals surface area contributed by atoms with E-state index in [1.807, 2.05) is 26.0 Å². The standard InChI is InChI=1S/C15H20N4O3S2/c1-9-6-10(2)8-11(7-9)14-18-19-15(23-14)17-13(20)12(16)4-5-24(3,21)22/h6-8,12H,4-5,16H2,1-3H3,(H,17,19,20). The van der Waals surface area contributed by atoms with Crippen LogP contribution in [0.25, 0.3) is 10.6 Å². The Kier molecular flexibility index (Phi) is 5.68. The molecule has 9 heteroatoms. The van der Waals surface area contributed by atoms with Crippen molar-refractivity contribution in [3.05, 3.63) is 29.3 Å². The molecular formula is C15H20N4O3S2. The Labute approximate surface area is 145 Å². The second kappa shape index (κ2) is 7.37. The van der Waals surface area contributed by atoms with Crippen molar-refractivity contribution in [2.24, 2.45) is 5.73 Å². The first-order valence-corrected chi connectivity index (χ1v) is 10.2. The van der Waals surface area contributed by atoms with Crippen molar-refractivity contribution in [2.75, 3.05) is 17.3 Å². The number of nitrogens with zero attached hydrogens (tertiary/aromatic N) is 2. The maximum absolute atomic E-state index is 12.0. The highest BCUT2D eigenvalue weighted by Crippen LogP contribution is 2.27. The number of hydrogen-bond donors (Lipinski definition) is 2. The van der Waals surface area contributed by atoms with E-state index in [2.05, 4.69) is 21.6 Å². The van der Waals surface area contributed by atoms with Gasteiger partial charge in [-0.05, 0) is 32.4 Å². The normalized spacial score (nSPS) is 12.8. The molecule has 0 radical (unpaired) electrons. The molecule has 1 atom stereocenters. The molecule has 2 rings (SSSR count). The topological polar surface area (TPSA) is 115 Å². The number of rotatable bonds is 6. The Morgan fingerprint density at radius 3 is 2.46 bits per heavy atom. The van der Waals surface area contributed by atoms with Gasteiger partial charge in [0.1, 0.15) is 14.8 Å². The van der Waals surface area contributed by atoms with E-state index in [0.717, 1.165) is 22.9 Å². The number of anilines is 1. The van der Waals surface area contributed by atoms with Gasteiger partial charge < -0.3 is 5.73 Å². The molecule has 1 aromatic heterocycles. The Bertz CT molecular complexity index is 826. The summed E-state index contributed by atoms with van der Waals surface area (Å²) in [5.74, 6) is -0.604. The number of carbonyl (C=O) groups is 1.